The number of aryl methyl sites for hydroxylation is 1. The van der Waals surface area contributed by atoms with E-state index in [1.54, 1.807) is 23.6 Å². The number of halogens is 2. The van der Waals surface area contributed by atoms with E-state index in [2.05, 4.69) is 39.8 Å². The van der Waals surface area contributed by atoms with Gasteiger partial charge in [0.25, 0.3) is 5.91 Å². The van der Waals surface area contributed by atoms with Crippen LogP contribution >= 0.6 is 22.7 Å². The van der Waals surface area contributed by atoms with Crippen molar-refractivity contribution < 1.29 is 18.4 Å². The van der Waals surface area contributed by atoms with Gasteiger partial charge in [0.05, 0.1) is 11.4 Å². The molecule has 0 bridgehead atoms. The summed E-state index contributed by atoms with van der Waals surface area (Å²) in [6.45, 7) is 8.42. The number of amides is 3. The van der Waals surface area contributed by atoms with Crippen LogP contribution < -0.4 is 27.4 Å². The van der Waals surface area contributed by atoms with Crippen molar-refractivity contribution in [3.05, 3.63) is 64.5 Å². The van der Waals surface area contributed by atoms with Gasteiger partial charge < -0.3 is 22.1 Å². The molecule has 0 spiro atoms. The van der Waals surface area contributed by atoms with E-state index >= 15 is 0 Å². The summed E-state index contributed by atoms with van der Waals surface area (Å²) in [6.07, 6.45) is 2.67. The average Bonchev–Trinajstić information content (AvgIpc) is 3.59. The van der Waals surface area contributed by atoms with E-state index in [9.17, 15) is 18.4 Å². The minimum atomic E-state index is -0.910. The number of urea groups is 1. The van der Waals surface area contributed by atoms with E-state index in [0.717, 1.165) is 23.3 Å². The second-order valence-electron chi connectivity index (χ2n) is 9.24. The number of anilines is 3. The number of rotatable bonds is 9. The third kappa shape index (κ3) is 8.30. The van der Waals surface area contributed by atoms with E-state index in [4.69, 9.17) is 11.5 Å². The predicted octanol–water partition coefficient (Wildman–Crippen LogP) is 6.88. The predicted molar refractivity (Wildman–Crippen MR) is 168 cm³/mol. The van der Waals surface area contributed by atoms with Gasteiger partial charge in [0.2, 0.25) is 0 Å². The third-order valence-corrected chi connectivity index (χ3v) is 7.85. The molecule has 2 aromatic heterocycles. The molecule has 3 amide bonds. The second kappa shape index (κ2) is 15.3. The molecule has 2 aromatic carbocycles. The van der Waals surface area contributed by atoms with Gasteiger partial charge in [-0.1, -0.05) is 57.6 Å². The molecule has 2 heterocycles. The van der Waals surface area contributed by atoms with Gasteiger partial charge in [-0.2, -0.15) is 0 Å². The lowest BCUT2D eigenvalue weighted by Crippen LogP contribution is -2.41. The number of benzene rings is 2. The molecule has 0 aliphatic carbocycles. The first-order chi connectivity index (χ1) is 20.1. The van der Waals surface area contributed by atoms with Crippen LogP contribution in [0.3, 0.4) is 0 Å². The first kappa shape index (κ1) is 32.6. The number of nitrogens with one attached hydrogen (secondary N) is 3. The number of aromatic nitrogens is 2. The lowest BCUT2D eigenvalue weighted by molar-refractivity contribution is 0.102. The van der Waals surface area contributed by atoms with E-state index < -0.39 is 23.6 Å². The Kier molecular flexibility index (Phi) is 11.9. The Hall–Kier alpha value is -3.94. The smallest absolute Gasteiger partial charge is 0.321 e. The zero-order chi connectivity index (χ0) is 30.8. The molecule has 0 aliphatic rings. The van der Waals surface area contributed by atoms with Crippen molar-refractivity contribution in [3.8, 4) is 21.1 Å². The molecule has 1 atom stereocenters. The Balaban J connectivity index is 0.00000155. The van der Waals surface area contributed by atoms with Crippen LogP contribution in [-0.2, 0) is 6.42 Å². The monoisotopic (exact) mass is 615 g/mol. The Morgan fingerprint density at radius 3 is 2.43 bits per heavy atom. The van der Waals surface area contributed by atoms with Gasteiger partial charge in [-0.15, -0.1) is 11.3 Å². The molecule has 224 valence electrons. The molecule has 13 heteroatoms. The number of thiazole rings is 2. The van der Waals surface area contributed by atoms with Crippen LogP contribution in [0.5, 0.6) is 0 Å². The number of nitrogen functional groups attached to an aromatic ring is 1. The van der Waals surface area contributed by atoms with Crippen LogP contribution in [0.4, 0.5) is 30.2 Å². The van der Waals surface area contributed by atoms with Crippen molar-refractivity contribution in [2.75, 3.05) is 22.9 Å². The van der Waals surface area contributed by atoms with Crippen LogP contribution in [0.15, 0.2) is 41.8 Å². The summed E-state index contributed by atoms with van der Waals surface area (Å²) < 4.78 is 29.4. The van der Waals surface area contributed by atoms with Gasteiger partial charge in [0.1, 0.15) is 27.3 Å². The second-order valence-corrected chi connectivity index (χ2v) is 11.1. The third-order valence-electron chi connectivity index (χ3n) is 5.86. The quantitative estimate of drug-likeness (QED) is 0.139. The highest BCUT2D eigenvalue weighted by molar-refractivity contribution is 7.23. The molecule has 7 N–H and O–H groups in total. The van der Waals surface area contributed by atoms with E-state index in [1.165, 1.54) is 23.8 Å². The number of hydrogen-bond donors (Lipinski definition) is 5. The van der Waals surface area contributed by atoms with E-state index in [0.29, 0.717) is 34.5 Å². The molecular weight excluding hydrogens is 580 g/mol. The summed E-state index contributed by atoms with van der Waals surface area (Å²) in [5.74, 6) is -2.12. The van der Waals surface area contributed by atoms with Crippen LogP contribution in [0, 0.1) is 11.6 Å². The minimum Gasteiger partial charge on any atom is -0.382 e. The van der Waals surface area contributed by atoms with Crippen LogP contribution in [0.2, 0.25) is 0 Å². The van der Waals surface area contributed by atoms with Gasteiger partial charge in [-0.25, -0.2) is 23.5 Å². The fourth-order valence-corrected chi connectivity index (χ4v) is 5.45. The Morgan fingerprint density at radius 2 is 1.76 bits per heavy atom. The van der Waals surface area contributed by atoms with Crippen molar-refractivity contribution in [2.24, 2.45) is 5.73 Å². The van der Waals surface area contributed by atoms with Crippen LogP contribution in [-0.4, -0.2) is 34.5 Å². The number of hydrogen-bond acceptors (Lipinski definition) is 8. The Bertz CT molecular complexity index is 1520. The van der Waals surface area contributed by atoms with Crippen molar-refractivity contribution >= 4 is 51.2 Å². The van der Waals surface area contributed by atoms with Gasteiger partial charge >= 0.3 is 6.03 Å². The maximum atomic E-state index is 14.8. The van der Waals surface area contributed by atoms with Gasteiger partial charge in [-0.05, 0) is 36.6 Å². The molecule has 1 unspecified atom stereocenters. The molecule has 4 rings (SSSR count). The molecular formula is C29H35F2N7O2S2. The first-order valence-corrected chi connectivity index (χ1v) is 15.2. The molecule has 42 heavy (non-hydrogen) atoms. The number of carbonyl (C=O) groups excluding carboxylic acids is 2. The van der Waals surface area contributed by atoms with Crippen molar-refractivity contribution in [2.45, 2.75) is 53.0 Å². The normalized spacial score (nSPS) is 11.3. The topological polar surface area (TPSA) is 148 Å². The number of carbonyl (C=O) groups is 2. The molecule has 0 fully saturated rings. The number of nitrogens with zero attached hydrogens (tertiary/aromatic N) is 2. The molecule has 9 nitrogen and oxygen atoms in total. The van der Waals surface area contributed by atoms with E-state index in [1.807, 2.05) is 19.9 Å². The van der Waals surface area contributed by atoms with Crippen molar-refractivity contribution in [3.63, 3.8) is 0 Å². The lowest BCUT2D eigenvalue weighted by Gasteiger charge is -2.14. The fourth-order valence-electron chi connectivity index (χ4n) is 3.65. The largest absolute Gasteiger partial charge is 0.382 e. The van der Waals surface area contributed by atoms with Crippen LogP contribution in [0.1, 0.15) is 56.5 Å². The summed E-state index contributed by atoms with van der Waals surface area (Å²) in [5.41, 5.74) is 13.1. The van der Waals surface area contributed by atoms with Gasteiger partial charge in [0, 0.05) is 35.2 Å². The Morgan fingerprint density at radius 1 is 1.02 bits per heavy atom. The molecule has 0 saturated heterocycles. The standard InChI is InChI=1S/C26H27F2N7O2S2.C3H8/c1-3-13-6-5-7-14(8-13)23(36)32-19-9-16(17(27)10-18(19)28)20-12-38-24(33-20)21-22(30)34-26(39-21)35-25(37)31-15(4-2)11-29;1-3-2/h5-10,12,15H,3-4,11,29-30H2,1-2H3,(H,32,36)(H2,31,34,35,37);3H2,1-2H3. The zero-order valence-corrected chi connectivity index (χ0v) is 25.5. The zero-order valence-electron chi connectivity index (χ0n) is 23.9. The maximum absolute atomic E-state index is 14.8. The maximum Gasteiger partial charge on any atom is 0.321 e. The highest BCUT2D eigenvalue weighted by Gasteiger charge is 2.20. The minimum absolute atomic E-state index is 0.00436. The van der Waals surface area contributed by atoms with Crippen molar-refractivity contribution in [1.29, 1.82) is 0 Å². The lowest BCUT2D eigenvalue weighted by atomic mass is 10.1. The molecule has 4 aromatic rings. The molecule has 0 saturated carbocycles. The van der Waals surface area contributed by atoms with Gasteiger partial charge in [-0.3, -0.25) is 10.1 Å². The highest BCUT2D eigenvalue weighted by Crippen LogP contribution is 2.39. The Labute approximate surface area is 251 Å². The SMILES string of the molecule is CCC.CCc1cccc(C(=O)Nc2cc(-c3csc(-c4sc(NC(=O)NC(CC)CN)nc4N)n3)c(F)cc2F)c1. The number of nitrogens with two attached hydrogens (primary N) is 2. The summed E-state index contributed by atoms with van der Waals surface area (Å²) in [5, 5.41) is 10.2. The van der Waals surface area contributed by atoms with Crippen LogP contribution in [0.25, 0.3) is 21.1 Å². The van der Waals surface area contributed by atoms with Gasteiger partial charge in [0.15, 0.2) is 5.13 Å². The summed E-state index contributed by atoms with van der Waals surface area (Å²) >= 11 is 2.29. The van der Waals surface area contributed by atoms with Crippen molar-refractivity contribution in [1.82, 2.24) is 15.3 Å². The molecule has 0 radical (unpaired) electrons. The summed E-state index contributed by atoms with van der Waals surface area (Å²) in [6, 6.07) is 8.26. The highest BCUT2D eigenvalue weighted by atomic mass is 32.1. The fraction of sp³-hybridized carbons (Fsp3) is 0.310. The summed E-state index contributed by atoms with van der Waals surface area (Å²) in [4.78, 5) is 34.1. The van der Waals surface area contributed by atoms with E-state index in [-0.39, 0.29) is 33.9 Å². The average molecular weight is 616 g/mol. The molecule has 0 aliphatic heterocycles. The summed E-state index contributed by atoms with van der Waals surface area (Å²) in [7, 11) is 0. The first-order valence-electron chi connectivity index (χ1n) is 13.5.